The number of nitrogens with zero attached hydrogens (tertiary/aromatic N) is 2. The predicted octanol–water partition coefficient (Wildman–Crippen LogP) is 3.59. The highest BCUT2D eigenvalue weighted by Crippen LogP contribution is 2.26. The van der Waals surface area contributed by atoms with E-state index in [9.17, 15) is 9.59 Å². The Hall–Kier alpha value is -3.45. The molecule has 0 unspecified atom stereocenters. The molecule has 0 saturated heterocycles. The van der Waals surface area contributed by atoms with E-state index in [0.29, 0.717) is 34.2 Å². The van der Waals surface area contributed by atoms with Crippen LogP contribution in [0.15, 0.2) is 61.1 Å². The molecular weight excluding hydrogens is 380 g/mol. The number of hydrogen-bond donors (Lipinski definition) is 2. The Morgan fingerprint density at radius 3 is 2.71 bits per heavy atom. The second kappa shape index (κ2) is 8.96. The van der Waals surface area contributed by atoms with Crippen molar-refractivity contribution < 1.29 is 14.3 Å². The molecular formula is C20H17ClN4O3. The predicted molar refractivity (Wildman–Crippen MR) is 106 cm³/mol. The van der Waals surface area contributed by atoms with Gasteiger partial charge in [-0.25, -0.2) is 9.78 Å². The largest absolute Gasteiger partial charge is 0.465 e. The number of benzene rings is 1. The first-order valence-corrected chi connectivity index (χ1v) is 8.72. The standard InChI is InChI=1S/C20H17ClN4O3/c1-28-20(27)15-4-5-16(21)17(9-15)25-18-10-14(6-8-23-18)19(26)24-12-13-3-2-7-22-11-13/h2-11H,12H2,1H3,(H,23,25)(H,24,26). The molecule has 7 nitrogen and oxygen atoms in total. The molecule has 0 radical (unpaired) electrons. The van der Waals surface area contributed by atoms with Gasteiger partial charge < -0.3 is 15.4 Å². The summed E-state index contributed by atoms with van der Waals surface area (Å²) >= 11 is 6.19. The Bertz CT molecular complexity index is 996. The molecule has 0 spiro atoms. The average Bonchev–Trinajstić information content (AvgIpc) is 2.74. The molecule has 0 fully saturated rings. The van der Waals surface area contributed by atoms with Crippen molar-refractivity contribution in [1.82, 2.24) is 15.3 Å². The van der Waals surface area contributed by atoms with Crippen LogP contribution in [-0.4, -0.2) is 29.0 Å². The molecule has 3 aromatic rings. The Kier molecular flexibility index (Phi) is 6.18. The molecule has 3 rings (SSSR count). The minimum absolute atomic E-state index is 0.247. The van der Waals surface area contributed by atoms with Crippen molar-refractivity contribution in [2.24, 2.45) is 0 Å². The van der Waals surface area contributed by atoms with Crippen molar-refractivity contribution in [3.63, 3.8) is 0 Å². The number of amides is 1. The molecule has 0 aliphatic carbocycles. The molecule has 0 bridgehead atoms. The minimum atomic E-state index is -0.476. The first kappa shape index (κ1) is 19.3. The summed E-state index contributed by atoms with van der Waals surface area (Å²) in [5, 5.41) is 6.25. The number of carbonyl (C=O) groups excluding carboxylic acids is 2. The van der Waals surface area contributed by atoms with Gasteiger partial charge in [0.2, 0.25) is 0 Å². The van der Waals surface area contributed by atoms with E-state index >= 15 is 0 Å². The van der Waals surface area contributed by atoms with Gasteiger partial charge in [0.1, 0.15) is 5.82 Å². The fraction of sp³-hybridized carbons (Fsp3) is 0.100. The van der Waals surface area contributed by atoms with E-state index in [2.05, 4.69) is 20.6 Å². The molecule has 28 heavy (non-hydrogen) atoms. The second-order valence-corrected chi connectivity index (χ2v) is 6.19. The van der Waals surface area contributed by atoms with Crippen LogP contribution in [0.1, 0.15) is 26.3 Å². The Balaban J connectivity index is 1.73. The summed E-state index contributed by atoms with van der Waals surface area (Å²) in [6.07, 6.45) is 4.88. The van der Waals surface area contributed by atoms with Crippen LogP contribution in [0, 0.1) is 0 Å². The van der Waals surface area contributed by atoms with E-state index in [0.717, 1.165) is 5.56 Å². The highest BCUT2D eigenvalue weighted by atomic mass is 35.5. The molecule has 8 heteroatoms. The van der Waals surface area contributed by atoms with E-state index in [1.165, 1.54) is 13.3 Å². The average molecular weight is 397 g/mol. The van der Waals surface area contributed by atoms with E-state index in [1.54, 1.807) is 42.7 Å². The Labute approximate surface area is 166 Å². The topological polar surface area (TPSA) is 93.2 Å². The van der Waals surface area contributed by atoms with Gasteiger partial charge in [-0.2, -0.15) is 0 Å². The van der Waals surface area contributed by atoms with Crippen molar-refractivity contribution in [2.45, 2.75) is 6.54 Å². The van der Waals surface area contributed by atoms with E-state index in [4.69, 9.17) is 16.3 Å². The molecule has 2 heterocycles. The SMILES string of the molecule is COC(=O)c1ccc(Cl)c(Nc2cc(C(=O)NCc3cccnc3)ccn2)c1. The minimum Gasteiger partial charge on any atom is -0.465 e. The van der Waals surface area contributed by atoms with Crippen LogP contribution >= 0.6 is 11.6 Å². The van der Waals surface area contributed by atoms with Gasteiger partial charge in [0.25, 0.3) is 5.91 Å². The third kappa shape index (κ3) is 4.83. The maximum Gasteiger partial charge on any atom is 0.337 e. The number of halogens is 1. The van der Waals surface area contributed by atoms with Gasteiger partial charge in [-0.05, 0) is 42.0 Å². The fourth-order valence-corrected chi connectivity index (χ4v) is 2.60. The van der Waals surface area contributed by atoms with Crippen LogP contribution in [0.25, 0.3) is 0 Å². The number of nitrogens with one attached hydrogen (secondary N) is 2. The highest BCUT2D eigenvalue weighted by molar-refractivity contribution is 6.33. The number of ether oxygens (including phenoxy) is 1. The van der Waals surface area contributed by atoms with Gasteiger partial charge in [-0.3, -0.25) is 9.78 Å². The van der Waals surface area contributed by atoms with Gasteiger partial charge >= 0.3 is 5.97 Å². The van der Waals surface area contributed by atoms with Crippen molar-refractivity contribution >= 4 is 35.0 Å². The lowest BCUT2D eigenvalue weighted by Crippen LogP contribution is -2.23. The van der Waals surface area contributed by atoms with E-state index in [1.807, 2.05) is 12.1 Å². The van der Waals surface area contributed by atoms with Gasteiger partial charge in [-0.15, -0.1) is 0 Å². The van der Waals surface area contributed by atoms with Gasteiger partial charge in [-0.1, -0.05) is 17.7 Å². The number of aromatic nitrogens is 2. The molecule has 2 aromatic heterocycles. The summed E-state index contributed by atoms with van der Waals surface area (Å²) in [4.78, 5) is 32.3. The van der Waals surface area contributed by atoms with Gasteiger partial charge in [0, 0.05) is 30.7 Å². The van der Waals surface area contributed by atoms with Crippen LogP contribution in [0.5, 0.6) is 0 Å². The molecule has 0 atom stereocenters. The number of carbonyl (C=O) groups is 2. The van der Waals surface area contributed by atoms with Crippen LogP contribution < -0.4 is 10.6 Å². The molecule has 1 aromatic carbocycles. The number of methoxy groups -OCH3 is 1. The number of rotatable bonds is 6. The summed E-state index contributed by atoms with van der Waals surface area (Å²) < 4.78 is 4.71. The van der Waals surface area contributed by atoms with Crippen LogP contribution in [0.2, 0.25) is 5.02 Å². The van der Waals surface area contributed by atoms with Gasteiger partial charge in [0.05, 0.1) is 23.4 Å². The lowest BCUT2D eigenvalue weighted by atomic mass is 10.2. The van der Waals surface area contributed by atoms with Crippen molar-refractivity contribution in [2.75, 3.05) is 12.4 Å². The summed E-state index contributed by atoms with van der Waals surface area (Å²) in [5.41, 5.74) is 2.15. The Morgan fingerprint density at radius 2 is 1.96 bits per heavy atom. The maximum atomic E-state index is 12.4. The van der Waals surface area contributed by atoms with Crippen LogP contribution in [0.4, 0.5) is 11.5 Å². The lowest BCUT2D eigenvalue weighted by molar-refractivity contribution is 0.0600. The summed E-state index contributed by atoms with van der Waals surface area (Å²) in [5.74, 6) is -0.308. The number of anilines is 2. The smallest absolute Gasteiger partial charge is 0.337 e. The zero-order valence-corrected chi connectivity index (χ0v) is 15.7. The number of hydrogen-bond acceptors (Lipinski definition) is 6. The molecule has 142 valence electrons. The van der Waals surface area contributed by atoms with E-state index in [-0.39, 0.29) is 5.91 Å². The molecule has 1 amide bonds. The zero-order chi connectivity index (χ0) is 19.9. The lowest BCUT2D eigenvalue weighted by Gasteiger charge is -2.11. The summed E-state index contributed by atoms with van der Waals surface area (Å²) in [6, 6.07) is 11.6. The zero-order valence-electron chi connectivity index (χ0n) is 15.0. The third-order valence-electron chi connectivity index (χ3n) is 3.85. The van der Waals surface area contributed by atoms with Gasteiger partial charge in [0.15, 0.2) is 0 Å². The number of pyridine rings is 2. The molecule has 2 N–H and O–H groups in total. The number of esters is 1. The summed E-state index contributed by atoms with van der Waals surface area (Å²) in [6.45, 7) is 0.366. The molecule has 0 aliphatic heterocycles. The Morgan fingerprint density at radius 1 is 1.11 bits per heavy atom. The molecule has 0 saturated carbocycles. The molecule has 0 aliphatic rings. The first-order chi connectivity index (χ1) is 13.6. The first-order valence-electron chi connectivity index (χ1n) is 8.35. The maximum absolute atomic E-state index is 12.4. The normalized spacial score (nSPS) is 10.2. The van der Waals surface area contributed by atoms with Crippen LogP contribution in [-0.2, 0) is 11.3 Å². The highest BCUT2D eigenvalue weighted by Gasteiger charge is 2.11. The quantitative estimate of drug-likeness (QED) is 0.618. The monoisotopic (exact) mass is 396 g/mol. The summed E-state index contributed by atoms with van der Waals surface area (Å²) in [7, 11) is 1.30. The second-order valence-electron chi connectivity index (χ2n) is 5.78. The van der Waals surface area contributed by atoms with E-state index < -0.39 is 5.97 Å². The third-order valence-corrected chi connectivity index (χ3v) is 4.18. The van der Waals surface area contributed by atoms with Crippen molar-refractivity contribution in [1.29, 1.82) is 0 Å². The van der Waals surface area contributed by atoms with Crippen LogP contribution in [0.3, 0.4) is 0 Å². The van der Waals surface area contributed by atoms with Crippen molar-refractivity contribution in [3.8, 4) is 0 Å². The van der Waals surface area contributed by atoms with Crippen molar-refractivity contribution in [3.05, 3.63) is 82.8 Å². The fourth-order valence-electron chi connectivity index (χ4n) is 2.43.